The first kappa shape index (κ1) is 7.55. The summed E-state index contributed by atoms with van der Waals surface area (Å²) in [4.78, 5) is 15.1. The lowest BCUT2D eigenvalue weighted by Crippen LogP contribution is -2.04. The summed E-state index contributed by atoms with van der Waals surface area (Å²) in [7, 11) is 0. The van der Waals surface area contributed by atoms with Crippen LogP contribution in [0.5, 0.6) is 0 Å². The van der Waals surface area contributed by atoms with Crippen LogP contribution >= 0.6 is 11.6 Å². The Balaban J connectivity index is 2.59. The highest BCUT2D eigenvalue weighted by Gasteiger charge is 2.21. The third-order valence-electron chi connectivity index (χ3n) is 1.79. The summed E-state index contributed by atoms with van der Waals surface area (Å²) in [5.41, 5.74) is 1.63. The molecule has 0 fully saturated rings. The second-order valence-electron chi connectivity index (χ2n) is 2.80. The molecular formula is C8H7ClN2O. The Morgan fingerprint density at radius 3 is 3.17 bits per heavy atom. The molecule has 0 atom stereocenters. The third-order valence-corrected chi connectivity index (χ3v) is 2.13. The van der Waals surface area contributed by atoms with Crippen LogP contribution in [0.25, 0.3) is 0 Å². The van der Waals surface area contributed by atoms with Crippen molar-refractivity contribution >= 4 is 23.3 Å². The van der Waals surface area contributed by atoms with Gasteiger partial charge < -0.3 is 5.32 Å². The predicted molar refractivity (Wildman–Crippen MR) is 46.3 cm³/mol. The van der Waals surface area contributed by atoms with Crippen LogP contribution in [0.15, 0.2) is 6.07 Å². The number of carbonyl (C=O) groups excluding carboxylic acids is 1. The van der Waals surface area contributed by atoms with Crippen LogP contribution in [-0.2, 0) is 11.2 Å². The SMILES string of the molecule is Cc1cc(Cl)c2c(n1)NC(=O)C2. The number of rotatable bonds is 0. The van der Waals surface area contributed by atoms with Gasteiger partial charge in [-0.25, -0.2) is 4.98 Å². The third kappa shape index (κ3) is 1.06. The molecular weight excluding hydrogens is 176 g/mol. The number of pyridine rings is 1. The molecule has 1 aromatic heterocycles. The molecule has 0 saturated carbocycles. The van der Waals surface area contributed by atoms with Crippen LogP contribution in [0.3, 0.4) is 0 Å². The van der Waals surface area contributed by atoms with Gasteiger partial charge in [-0.15, -0.1) is 0 Å². The molecule has 0 aliphatic carbocycles. The maximum absolute atomic E-state index is 11.0. The fourth-order valence-electron chi connectivity index (χ4n) is 1.27. The fourth-order valence-corrected chi connectivity index (χ4v) is 1.58. The highest BCUT2D eigenvalue weighted by atomic mass is 35.5. The monoisotopic (exact) mass is 182 g/mol. The Morgan fingerprint density at radius 1 is 1.67 bits per heavy atom. The van der Waals surface area contributed by atoms with Gasteiger partial charge in [-0.05, 0) is 13.0 Å². The van der Waals surface area contributed by atoms with Crippen LogP contribution in [-0.4, -0.2) is 10.9 Å². The molecule has 1 aromatic rings. The van der Waals surface area contributed by atoms with Gasteiger partial charge >= 0.3 is 0 Å². The first-order valence-corrected chi connectivity index (χ1v) is 4.00. The number of nitrogens with one attached hydrogen (secondary N) is 1. The number of amides is 1. The molecule has 3 nitrogen and oxygen atoms in total. The molecule has 0 saturated heterocycles. The molecule has 1 amide bonds. The number of halogens is 1. The van der Waals surface area contributed by atoms with E-state index in [2.05, 4.69) is 10.3 Å². The highest BCUT2D eigenvalue weighted by Crippen LogP contribution is 2.28. The average Bonchev–Trinajstić information content (AvgIpc) is 2.29. The fraction of sp³-hybridized carbons (Fsp3) is 0.250. The number of hydrogen-bond donors (Lipinski definition) is 1. The smallest absolute Gasteiger partial charge is 0.230 e. The average molecular weight is 183 g/mol. The second kappa shape index (κ2) is 2.45. The Labute approximate surface area is 74.8 Å². The Hall–Kier alpha value is -1.09. The number of nitrogens with zero attached hydrogens (tertiary/aromatic N) is 1. The van der Waals surface area contributed by atoms with Crippen molar-refractivity contribution in [3.63, 3.8) is 0 Å². The standard InChI is InChI=1S/C8H7ClN2O/c1-4-2-6(9)5-3-7(12)11-8(5)10-4/h2H,3H2,1H3,(H,10,11,12). The van der Waals surface area contributed by atoms with Gasteiger partial charge in [0.25, 0.3) is 0 Å². The molecule has 12 heavy (non-hydrogen) atoms. The van der Waals surface area contributed by atoms with Crippen molar-refractivity contribution in [2.75, 3.05) is 5.32 Å². The maximum atomic E-state index is 11.0. The maximum Gasteiger partial charge on any atom is 0.230 e. The Morgan fingerprint density at radius 2 is 2.42 bits per heavy atom. The van der Waals surface area contributed by atoms with Crippen molar-refractivity contribution in [1.82, 2.24) is 4.98 Å². The quantitative estimate of drug-likeness (QED) is 0.661. The summed E-state index contributed by atoms with van der Waals surface area (Å²) in [6, 6.07) is 1.76. The molecule has 2 rings (SSSR count). The van der Waals surface area contributed by atoms with E-state index in [1.807, 2.05) is 6.92 Å². The van der Waals surface area contributed by atoms with Crippen LogP contribution in [0, 0.1) is 6.92 Å². The minimum atomic E-state index is -0.0370. The van der Waals surface area contributed by atoms with Gasteiger partial charge in [-0.2, -0.15) is 0 Å². The van der Waals surface area contributed by atoms with Crippen molar-refractivity contribution in [1.29, 1.82) is 0 Å². The zero-order chi connectivity index (χ0) is 8.72. The van der Waals surface area contributed by atoms with E-state index in [4.69, 9.17) is 11.6 Å². The van der Waals surface area contributed by atoms with E-state index in [0.29, 0.717) is 17.3 Å². The summed E-state index contributed by atoms with van der Waals surface area (Å²) < 4.78 is 0. The summed E-state index contributed by atoms with van der Waals surface area (Å²) in [5, 5.41) is 3.27. The van der Waals surface area contributed by atoms with Crippen molar-refractivity contribution in [2.24, 2.45) is 0 Å². The lowest BCUT2D eigenvalue weighted by atomic mass is 10.2. The summed E-state index contributed by atoms with van der Waals surface area (Å²) in [6.07, 6.45) is 0.349. The molecule has 0 spiro atoms. The molecule has 0 unspecified atom stereocenters. The van der Waals surface area contributed by atoms with E-state index >= 15 is 0 Å². The van der Waals surface area contributed by atoms with Crippen LogP contribution < -0.4 is 5.32 Å². The highest BCUT2D eigenvalue weighted by molar-refractivity contribution is 6.32. The number of fused-ring (bicyclic) bond motifs is 1. The van der Waals surface area contributed by atoms with Gasteiger partial charge in [0.2, 0.25) is 5.91 Å². The molecule has 2 heterocycles. The van der Waals surface area contributed by atoms with E-state index in [9.17, 15) is 4.79 Å². The van der Waals surface area contributed by atoms with Gasteiger partial charge in [0.1, 0.15) is 5.82 Å². The van der Waals surface area contributed by atoms with E-state index in [1.54, 1.807) is 6.07 Å². The zero-order valence-electron chi connectivity index (χ0n) is 6.52. The Bertz CT molecular complexity index is 362. The summed E-state index contributed by atoms with van der Waals surface area (Å²) >= 11 is 5.91. The first-order chi connectivity index (χ1) is 5.66. The topological polar surface area (TPSA) is 42.0 Å². The van der Waals surface area contributed by atoms with Gasteiger partial charge in [0, 0.05) is 16.3 Å². The van der Waals surface area contributed by atoms with E-state index in [0.717, 1.165) is 11.3 Å². The van der Waals surface area contributed by atoms with E-state index in [1.165, 1.54) is 0 Å². The minimum Gasteiger partial charge on any atom is -0.310 e. The largest absolute Gasteiger partial charge is 0.310 e. The van der Waals surface area contributed by atoms with E-state index < -0.39 is 0 Å². The minimum absolute atomic E-state index is 0.0370. The van der Waals surface area contributed by atoms with E-state index in [-0.39, 0.29) is 5.91 Å². The van der Waals surface area contributed by atoms with Crippen LogP contribution in [0.1, 0.15) is 11.3 Å². The van der Waals surface area contributed by atoms with Gasteiger partial charge in [0.05, 0.1) is 6.42 Å². The second-order valence-corrected chi connectivity index (χ2v) is 3.20. The van der Waals surface area contributed by atoms with Gasteiger partial charge in [-0.3, -0.25) is 4.79 Å². The number of carbonyl (C=O) groups is 1. The lowest BCUT2D eigenvalue weighted by Gasteiger charge is -2.00. The normalized spacial score (nSPS) is 14.3. The number of aryl methyl sites for hydroxylation is 1. The van der Waals surface area contributed by atoms with Crippen LogP contribution in [0.2, 0.25) is 5.02 Å². The van der Waals surface area contributed by atoms with Crippen molar-refractivity contribution in [2.45, 2.75) is 13.3 Å². The first-order valence-electron chi connectivity index (χ1n) is 3.62. The Kier molecular flexibility index (Phi) is 1.54. The van der Waals surface area contributed by atoms with Crippen molar-refractivity contribution in [3.8, 4) is 0 Å². The molecule has 1 aliphatic heterocycles. The summed E-state index contributed by atoms with van der Waals surface area (Å²) in [5.74, 6) is 0.579. The molecule has 1 N–H and O–H groups in total. The van der Waals surface area contributed by atoms with Gasteiger partial charge in [0.15, 0.2) is 0 Å². The lowest BCUT2D eigenvalue weighted by molar-refractivity contribution is -0.115. The zero-order valence-corrected chi connectivity index (χ0v) is 7.27. The van der Waals surface area contributed by atoms with Crippen molar-refractivity contribution in [3.05, 3.63) is 22.3 Å². The molecule has 62 valence electrons. The molecule has 4 heteroatoms. The van der Waals surface area contributed by atoms with Crippen LogP contribution in [0.4, 0.5) is 5.82 Å². The summed E-state index contributed by atoms with van der Waals surface area (Å²) in [6.45, 7) is 1.84. The van der Waals surface area contributed by atoms with Gasteiger partial charge in [-0.1, -0.05) is 11.6 Å². The molecule has 0 aromatic carbocycles. The number of hydrogen-bond acceptors (Lipinski definition) is 2. The number of anilines is 1. The number of aromatic nitrogens is 1. The molecule has 1 aliphatic rings. The predicted octanol–water partition coefficient (Wildman–Crippen LogP) is 1.54. The van der Waals surface area contributed by atoms with Crippen molar-refractivity contribution < 1.29 is 4.79 Å². The molecule has 0 bridgehead atoms. The molecule has 0 radical (unpaired) electrons.